The summed E-state index contributed by atoms with van der Waals surface area (Å²) >= 11 is 5.84. The van der Waals surface area contributed by atoms with Crippen LogP contribution in [-0.4, -0.2) is 23.6 Å². The second-order valence-corrected chi connectivity index (χ2v) is 6.41. The Bertz CT molecular complexity index is 1020. The standard InChI is InChI=1S/C20H15ClF2N2O4/c21-13-3-1-12(2-4-13)18-10-15(29-25-18)11-28-19(26)7-8-24-20(27)16-6-5-14(22)9-17(16)23/h1-6,9-10H,7-8,11H2,(H,24,27). The van der Waals surface area contributed by atoms with Crippen molar-refractivity contribution in [1.82, 2.24) is 10.5 Å². The number of amides is 1. The number of rotatable bonds is 7. The van der Waals surface area contributed by atoms with E-state index in [0.717, 1.165) is 17.7 Å². The van der Waals surface area contributed by atoms with E-state index in [1.165, 1.54) is 0 Å². The second kappa shape index (κ2) is 9.29. The third-order valence-electron chi connectivity index (χ3n) is 3.86. The normalized spacial score (nSPS) is 10.6. The van der Waals surface area contributed by atoms with Crippen LogP contribution in [0.15, 0.2) is 53.1 Å². The molecule has 0 spiro atoms. The van der Waals surface area contributed by atoms with Crippen molar-refractivity contribution >= 4 is 23.5 Å². The summed E-state index contributed by atoms with van der Waals surface area (Å²) in [5, 5.41) is 6.87. The molecule has 0 saturated carbocycles. The number of benzene rings is 2. The predicted octanol–water partition coefficient (Wildman–Crippen LogP) is 4.14. The minimum absolute atomic E-state index is 0.0685. The predicted molar refractivity (Wildman–Crippen MR) is 100 cm³/mol. The van der Waals surface area contributed by atoms with Gasteiger partial charge in [0, 0.05) is 29.3 Å². The Hall–Kier alpha value is -3.26. The molecule has 0 unspecified atom stereocenters. The lowest BCUT2D eigenvalue weighted by Crippen LogP contribution is -2.27. The van der Waals surface area contributed by atoms with E-state index in [9.17, 15) is 18.4 Å². The van der Waals surface area contributed by atoms with Crippen molar-refractivity contribution in [2.24, 2.45) is 0 Å². The largest absolute Gasteiger partial charge is 0.457 e. The average Bonchev–Trinajstić information content (AvgIpc) is 3.16. The number of hydrogen-bond acceptors (Lipinski definition) is 5. The third-order valence-corrected chi connectivity index (χ3v) is 4.12. The maximum Gasteiger partial charge on any atom is 0.308 e. The molecule has 0 aliphatic carbocycles. The van der Waals surface area contributed by atoms with Gasteiger partial charge in [-0.25, -0.2) is 8.78 Å². The Morgan fingerprint density at radius 1 is 1.10 bits per heavy atom. The molecule has 0 aliphatic rings. The average molecular weight is 421 g/mol. The van der Waals surface area contributed by atoms with Crippen LogP contribution in [0.1, 0.15) is 22.5 Å². The zero-order valence-electron chi connectivity index (χ0n) is 15.0. The van der Waals surface area contributed by atoms with Gasteiger partial charge in [-0.2, -0.15) is 0 Å². The van der Waals surface area contributed by atoms with Gasteiger partial charge in [0.2, 0.25) is 0 Å². The summed E-state index contributed by atoms with van der Waals surface area (Å²) in [7, 11) is 0. The first-order valence-corrected chi connectivity index (χ1v) is 8.90. The molecule has 3 rings (SSSR count). The van der Waals surface area contributed by atoms with E-state index in [1.54, 1.807) is 30.3 Å². The van der Waals surface area contributed by atoms with Gasteiger partial charge in [-0.1, -0.05) is 28.9 Å². The van der Waals surface area contributed by atoms with E-state index >= 15 is 0 Å². The smallest absolute Gasteiger partial charge is 0.308 e. The van der Waals surface area contributed by atoms with Gasteiger partial charge in [0.15, 0.2) is 12.4 Å². The summed E-state index contributed by atoms with van der Waals surface area (Å²) in [5.74, 6) is -2.76. The fourth-order valence-electron chi connectivity index (χ4n) is 2.41. The Labute approximate surface area is 169 Å². The Balaban J connectivity index is 1.43. The number of hydrogen-bond donors (Lipinski definition) is 1. The van der Waals surface area contributed by atoms with Crippen molar-refractivity contribution in [3.8, 4) is 11.3 Å². The van der Waals surface area contributed by atoms with E-state index in [-0.39, 0.29) is 25.1 Å². The lowest BCUT2D eigenvalue weighted by molar-refractivity contribution is -0.145. The molecule has 1 heterocycles. The molecule has 0 bridgehead atoms. The number of esters is 1. The molecule has 2 aromatic carbocycles. The van der Waals surface area contributed by atoms with E-state index in [1.807, 2.05) is 0 Å². The highest BCUT2D eigenvalue weighted by Crippen LogP contribution is 2.21. The zero-order valence-corrected chi connectivity index (χ0v) is 15.7. The monoisotopic (exact) mass is 420 g/mol. The SMILES string of the molecule is O=C(CCNC(=O)c1ccc(F)cc1F)OCc1cc(-c2ccc(Cl)cc2)no1. The fraction of sp³-hybridized carbons (Fsp3) is 0.150. The minimum atomic E-state index is -0.980. The van der Waals surface area contributed by atoms with Crippen molar-refractivity contribution in [2.75, 3.05) is 6.54 Å². The van der Waals surface area contributed by atoms with Gasteiger partial charge < -0.3 is 14.6 Å². The van der Waals surface area contributed by atoms with Crippen LogP contribution in [-0.2, 0) is 16.1 Å². The highest BCUT2D eigenvalue weighted by atomic mass is 35.5. The van der Waals surface area contributed by atoms with Crippen LogP contribution in [0.2, 0.25) is 5.02 Å². The van der Waals surface area contributed by atoms with Gasteiger partial charge in [0.05, 0.1) is 12.0 Å². The van der Waals surface area contributed by atoms with E-state index < -0.39 is 23.5 Å². The van der Waals surface area contributed by atoms with Crippen LogP contribution in [0.4, 0.5) is 8.78 Å². The van der Waals surface area contributed by atoms with Crippen molar-refractivity contribution in [3.63, 3.8) is 0 Å². The molecule has 0 aliphatic heterocycles. The van der Waals surface area contributed by atoms with Gasteiger partial charge in [-0.15, -0.1) is 0 Å². The summed E-state index contributed by atoms with van der Waals surface area (Å²) in [5.41, 5.74) is 1.06. The molecule has 0 radical (unpaired) electrons. The third kappa shape index (κ3) is 5.61. The quantitative estimate of drug-likeness (QED) is 0.581. The molecule has 29 heavy (non-hydrogen) atoms. The van der Waals surface area contributed by atoms with Crippen LogP contribution < -0.4 is 5.32 Å². The summed E-state index contributed by atoms with van der Waals surface area (Å²) in [6.07, 6.45) is -0.132. The maximum absolute atomic E-state index is 13.5. The molecule has 3 aromatic rings. The van der Waals surface area contributed by atoms with Crippen LogP contribution in [0, 0.1) is 11.6 Å². The molecule has 1 N–H and O–H groups in total. The lowest BCUT2D eigenvalue weighted by atomic mass is 10.1. The molecule has 0 atom stereocenters. The van der Waals surface area contributed by atoms with Crippen molar-refractivity contribution in [2.45, 2.75) is 13.0 Å². The lowest BCUT2D eigenvalue weighted by Gasteiger charge is -2.06. The number of carbonyl (C=O) groups is 2. The first kappa shape index (κ1) is 20.5. The van der Waals surface area contributed by atoms with Crippen LogP contribution in [0.3, 0.4) is 0 Å². The highest BCUT2D eigenvalue weighted by Gasteiger charge is 2.14. The van der Waals surface area contributed by atoms with Crippen molar-refractivity contribution in [3.05, 3.63) is 76.5 Å². The van der Waals surface area contributed by atoms with Gasteiger partial charge in [0.1, 0.15) is 17.3 Å². The number of carbonyl (C=O) groups excluding carboxylic acids is 2. The van der Waals surface area contributed by atoms with Crippen LogP contribution in [0.5, 0.6) is 0 Å². The minimum Gasteiger partial charge on any atom is -0.457 e. The fourth-order valence-corrected chi connectivity index (χ4v) is 2.53. The molecule has 1 amide bonds. The molecule has 1 aromatic heterocycles. The number of halogens is 3. The van der Waals surface area contributed by atoms with Gasteiger partial charge in [-0.3, -0.25) is 9.59 Å². The number of ether oxygens (including phenoxy) is 1. The Morgan fingerprint density at radius 2 is 1.86 bits per heavy atom. The molecular formula is C20H15ClF2N2O4. The number of aromatic nitrogens is 1. The molecule has 150 valence electrons. The maximum atomic E-state index is 13.5. The highest BCUT2D eigenvalue weighted by molar-refractivity contribution is 6.30. The second-order valence-electron chi connectivity index (χ2n) is 5.98. The molecule has 9 heteroatoms. The van der Waals surface area contributed by atoms with Crippen molar-refractivity contribution < 1.29 is 27.6 Å². The Kier molecular flexibility index (Phi) is 6.56. The van der Waals surface area contributed by atoms with Crippen LogP contribution in [0.25, 0.3) is 11.3 Å². The molecular weight excluding hydrogens is 406 g/mol. The van der Waals surface area contributed by atoms with Gasteiger partial charge in [-0.05, 0) is 24.3 Å². The van der Waals surface area contributed by atoms with E-state index in [0.29, 0.717) is 22.5 Å². The zero-order chi connectivity index (χ0) is 20.8. The summed E-state index contributed by atoms with van der Waals surface area (Å²) in [6, 6.07) is 11.2. The first-order valence-electron chi connectivity index (χ1n) is 8.53. The summed E-state index contributed by atoms with van der Waals surface area (Å²) < 4.78 is 36.6. The first-order chi connectivity index (χ1) is 13.9. The van der Waals surface area contributed by atoms with Gasteiger partial charge >= 0.3 is 5.97 Å². The summed E-state index contributed by atoms with van der Waals surface area (Å²) in [4.78, 5) is 23.6. The number of nitrogens with one attached hydrogen (secondary N) is 1. The van der Waals surface area contributed by atoms with Gasteiger partial charge in [0.25, 0.3) is 5.91 Å². The summed E-state index contributed by atoms with van der Waals surface area (Å²) in [6.45, 7) is -0.194. The Morgan fingerprint density at radius 3 is 2.59 bits per heavy atom. The van der Waals surface area contributed by atoms with E-state index in [2.05, 4.69) is 10.5 Å². The van der Waals surface area contributed by atoms with E-state index in [4.69, 9.17) is 20.9 Å². The number of nitrogens with zero attached hydrogens (tertiary/aromatic N) is 1. The molecule has 6 nitrogen and oxygen atoms in total. The van der Waals surface area contributed by atoms with Crippen molar-refractivity contribution in [1.29, 1.82) is 0 Å². The molecule has 0 fully saturated rings. The topological polar surface area (TPSA) is 81.4 Å². The molecule has 0 saturated heterocycles. The van der Waals surface area contributed by atoms with Crippen LogP contribution >= 0.6 is 11.6 Å².